The Morgan fingerprint density at radius 3 is 2.72 bits per heavy atom. The molecular weight excluding hydrogens is 246 g/mol. The summed E-state index contributed by atoms with van der Waals surface area (Å²) in [5.41, 5.74) is 0.0853. The molecule has 1 saturated heterocycles. The number of carbonyl (C=O) groups excluding carboxylic acids is 1. The fraction of sp³-hybridized carbons (Fsp3) is 0.500. The summed E-state index contributed by atoms with van der Waals surface area (Å²) in [6.07, 6.45) is 3.68. The largest absolute Gasteiger partial charge is 0.386 e. The maximum absolute atomic E-state index is 12.3. The van der Waals surface area contributed by atoms with Crippen LogP contribution >= 0.6 is 11.8 Å². The summed E-state index contributed by atoms with van der Waals surface area (Å²) in [7, 11) is 0. The Hall–Kier alpha value is -1.00. The van der Waals surface area contributed by atoms with Crippen molar-refractivity contribution in [3.8, 4) is 0 Å². The maximum Gasteiger partial charge on any atom is 0.255 e. The molecule has 1 fully saturated rings. The molecule has 1 N–H and O–H groups in total. The Morgan fingerprint density at radius 2 is 2.11 bits per heavy atom. The van der Waals surface area contributed by atoms with E-state index < -0.39 is 5.60 Å². The fourth-order valence-electron chi connectivity index (χ4n) is 2.42. The molecule has 0 atom stereocenters. The predicted octanol–water partition coefficient (Wildman–Crippen LogP) is 2.40. The molecule has 0 aliphatic carbocycles. The quantitative estimate of drug-likeness (QED) is 0.850. The SMILES string of the molecule is CCCC1(O)CN(C(=O)c2ccccc2SC)C1. The molecule has 0 bridgehead atoms. The highest BCUT2D eigenvalue weighted by Crippen LogP contribution is 2.29. The average molecular weight is 265 g/mol. The number of benzene rings is 1. The van der Waals surface area contributed by atoms with Gasteiger partial charge in [0.05, 0.1) is 24.3 Å². The molecule has 1 aliphatic heterocycles. The lowest BCUT2D eigenvalue weighted by Gasteiger charge is -2.46. The highest BCUT2D eigenvalue weighted by molar-refractivity contribution is 7.98. The Bertz CT molecular complexity index is 441. The van der Waals surface area contributed by atoms with Crippen molar-refractivity contribution in [1.29, 1.82) is 0 Å². The zero-order chi connectivity index (χ0) is 13.2. The van der Waals surface area contributed by atoms with Gasteiger partial charge in [-0.2, -0.15) is 0 Å². The van der Waals surface area contributed by atoms with Gasteiger partial charge < -0.3 is 10.0 Å². The zero-order valence-electron chi connectivity index (χ0n) is 10.8. The van der Waals surface area contributed by atoms with Crippen molar-refractivity contribution in [3.63, 3.8) is 0 Å². The summed E-state index contributed by atoms with van der Waals surface area (Å²) in [6.45, 7) is 2.97. The third-order valence-corrected chi connectivity index (χ3v) is 4.11. The second kappa shape index (κ2) is 5.33. The van der Waals surface area contributed by atoms with Gasteiger partial charge in [0.15, 0.2) is 0 Å². The number of carbonyl (C=O) groups is 1. The van der Waals surface area contributed by atoms with Crippen LogP contribution in [0.2, 0.25) is 0 Å². The van der Waals surface area contributed by atoms with Crippen molar-refractivity contribution in [2.24, 2.45) is 0 Å². The number of nitrogens with zero attached hydrogens (tertiary/aromatic N) is 1. The van der Waals surface area contributed by atoms with E-state index in [-0.39, 0.29) is 5.91 Å². The summed E-state index contributed by atoms with van der Waals surface area (Å²) in [5, 5.41) is 10.1. The fourth-order valence-corrected chi connectivity index (χ4v) is 3.01. The number of rotatable bonds is 4. The zero-order valence-corrected chi connectivity index (χ0v) is 11.7. The van der Waals surface area contributed by atoms with Crippen LogP contribution in [-0.4, -0.2) is 40.9 Å². The first-order chi connectivity index (χ1) is 8.59. The third kappa shape index (κ3) is 2.54. The average Bonchev–Trinajstić information content (AvgIpc) is 2.35. The molecule has 98 valence electrons. The van der Waals surface area contributed by atoms with Crippen LogP contribution in [0.1, 0.15) is 30.1 Å². The summed E-state index contributed by atoms with van der Waals surface area (Å²) in [5.74, 6) is 0.0285. The van der Waals surface area contributed by atoms with Gasteiger partial charge in [-0.25, -0.2) is 0 Å². The van der Waals surface area contributed by atoms with Crippen molar-refractivity contribution in [1.82, 2.24) is 4.90 Å². The van der Waals surface area contributed by atoms with Crippen LogP contribution in [0.4, 0.5) is 0 Å². The van der Waals surface area contributed by atoms with Crippen LogP contribution < -0.4 is 0 Å². The summed E-state index contributed by atoms with van der Waals surface area (Å²) < 4.78 is 0. The number of thioether (sulfide) groups is 1. The highest BCUT2D eigenvalue weighted by atomic mass is 32.2. The predicted molar refractivity (Wildman–Crippen MR) is 74.0 cm³/mol. The van der Waals surface area contributed by atoms with E-state index in [9.17, 15) is 9.90 Å². The van der Waals surface area contributed by atoms with Crippen molar-refractivity contribution in [2.75, 3.05) is 19.3 Å². The lowest BCUT2D eigenvalue weighted by atomic mass is 9.89. The minimum absolute atomic E-state index is 0.0285. The molecule has 18 heavy (non-hydrogen) atoms. The molecule has 2 rings (SSSR count). The van der Waals surface area contributed by atoms with E-state index in [1.165, 1.54) is 0 Å². The second-order valence-electron chi connectivity index (χ2n) is 4.84. The molecule has 1 aliphatic rings. The summed E-state index contributed by atoms with van der Waals surface area (Å²) in [6, 6.07) is 7.62. The molecule has 0 unspecified atom stereocenters. The van der Waals surface area contributed by atoms with Crippen molar-refractivity contribution in [3.05, 3.63) is 29.8 Å². The molecule has 1 heterocycles. The van der Waals surface area contributed by atoms with E-state index in [1.54, 1.807) is 16.7 Å². The molecular formula is C14H19NO2S. The van der Waals surface area contributed by atoms with E-state index in [1.807, 2.05) is 37.4 Å². The number of aliphatic hydroxyl groups is 1. The smallest absolute Gasteiger partial charge is 0.255 e. The molecule has 4 heteroatoms. The van der Waals surface area contributed by atoms with Crippen LogP contribution in [0.15, 0.2) is 29.2 Å². The topological polar surface area (TPSA) is 40.5 Å². The molecule has 1 aromatic carbocycles. The van der Waals surface area contributed by atoms with Crippen LogP contribution in [0.3, 0.4) is 0 Å². The van der Waals surface area contributed by atoms with Crippen LogP contribution in [0.25, 0.3) is 0 Å². The first-order valence-corrected chi connectivity index (χ1v) is 7.47. The monoisotopic (exact) mass is 265 g/mol. The third-order valence-electron chi connectivity index (χ3n) is 3.31. The Balaban J connectivity index is 2.06. The summed E-state index contributed by atoms with van der Waals surface area (Å²) in [4.78, 5) is 15.0. The second-order valence-corrected chi connectivity index (χ2v) is 5.68. The van der Waals surface area contributed by atoms with E-state index in [0.29, 0.717) is 13.1 Å². The number of β-amino-alcohol motifs (C(OH)–C–C–N with tert-alkyl or cyclic N) is 1. The normalized spacial score (nSPS) is 17.4. The Labute approximate surface area is 112 Å². The maximum atomic E-state index is 12.3. The Kier molecular flexibility index (Phi) is 3.97. The number of likely N-dealkylation sites (tertiary alicyclic amines) is 1. The minimum Gasteiger partial charge on any atom is -0.386 e. The van der Waals surface area contributed by atoms with Crippen LogP contribution in [0, 0.1) is 0 Å². The van der Waals surface area contributed by atoms with Gasteiger partial charge in [-0.15, -0.1) is 11.8 Å². The van der Waals surface area contributed by atoms with E-state index in [0.717, 1.165) is 23.3 Å². The van der Waals surface area contributed by atoms with E-state index in [4.69, 9.17) is 0 Å². The van der Waals surface area contributed by atoms with Gasteiger partial charge >= 0.3 is 0 Å². The first kappa shape index (κ1) is 13.4. The van der Waals surface area contributed by atoms with Crippen molar-refractivity contribution in [2.45, 2.75) is 30.3 Å². The number of amides is 1. The molecule has 0 aromatic heterocycles. The first-order valence-electron chi connectivity index (χ1n) is 6.24. The molecule has 1 aromatic rings. The highest BCUT2D eigenvalue weighted by Gasteiger charge is 2.43. The lowest BCUT2D eigenvalue weighted by molar-refractivity contribution is -0.0861. The molecule has 0 radical (unpaired) electrons. The van der Waals surface area contributed by atoms with Gasteiger partial charge in [-0.1, -0.05) is 25.5 Å². The molecule has 0 spiro atoms. The van der Waals surface area contributed by atoms with Crippen LogP contribution in [0.5, 0.6) is 0 Å². The van der Waals surface area contributed by atoms with Crippen LogP contribution in [-0.2, 0) is 0 Å². The van der Waals surface area contributed by atoms with Crippen molar-refractivity contribution < 1.29 is 9.90 Å². The van der Waals surface area contributed by atoms with E-state index in [2.05, 4.69) is 0 Å². The van der Waals surface area contributed by atoms with Gasteiger partial charge in [0.1, 0.15) is 0 Å². The van der Waals surface area contributed by atoms with Gasteiger partial charge in [0.2, 0.25) is 0 Å². The van der Waals surface area contributed by atoms with Gasteiger partial charge in [-0.3, -0.25) is 4.79 Å². The van der Waals surface area contributed by atoms with E-state index >= 15 is 0 Å². The summed E-state index contributed by atoms with van der Waals surface area (Å²) >= 11 is 1.58. The Morgan fingerprint density at radius 1 is 1.44 bits per heavy atom. The number of hydrogen-bond donors (Lipinski definition) is 1. The standard InChI is InChI=1S/C14H19NO2S/c1-3-8-14(17)9-15(10-14)13(16)11-6-4-5-7-12(11)18-2/h4-7,17H,3,8-10H2,1-2H3. The number of hydrogen-bond acceptors (Lipinski definition) is 3. The minimum atomic E-state index is -0.654. The molecule has 0 saturated carbocycles. The lowest BCUT2D eigenvalue weighted by Crippen LogP contribution is -2.63. The van der Waals surface area contributed by atoms with Crippen molar-refractivity contribution >= 4 is 17.7 Å². The molecule has 3 nitrogen and oxygen atoms in total. The molecule has 1 amide bonds. The van der Waals surface area contributed by atoms with Gasteiger partial charge in [-0.05, 0) is 24.8 Å². The van der Waals surface area contributed by atoms with Gasteiger partial charge in [0, 0.05) is 4.90 Å². The van der Waals surface area contributed by atoms with Gasteiger partial charge in [0.25, 0.3) is 5.91 Å².